The molecule has 2 rings (SSSR count). The number of sulfone groups is 1. The summed E-state index contributed by atoms with van der Waals surface area (Å²) < 4.78 is 24.6. The fourth-order valence-corrected chi connectivity index (χ4v) is 3.09. The molecule has 0 saturated heterocycles. The van der Waals surface area contributed by atoms with Crippen molar-refractivity contribution in [1.82, 2.24) is 5.73 Å². The normalized spacial score (nSPS) is 11.1. The van der Waals surface area contributed by atoms with E-state index in [1.54, 1.807) is 18.2 Å². The molecule has 1 amide bonds. The molecule has 0 unspecified atom stereocenters. The van der Waals surface area contributed by atoms with Gasteiger partial charge < -0.3 is 0 Å². The second-order valence-corrected chi connectivity index (χ2v) is 5.56. The van der Waals surface area contributed by atoms with E-state index in [4.69, 9.17) is 5.73 Å². The lowest BCUT2D eigenvalue weighted by Crippen LogP contribution is -2.10. The monoisotopic (exact) mass is 260 g/mol. The number of hydrogen-bond acceptors (Lipinski definition) is 3. The lowest BCUT2D eigenvalue weighted by Gasteiger charge is -2.07. The van der Waals surface area contributed by atoms with E-state index in [1.165, 1.54) is 36.4 Å². The fraction of sp³-hybridized carbons (Fsp3) is 0. The SMILES string of the molecule is [NH]C(=O)c1ccccc1S(=O)(=O)c1ccccc1. The van der Waals surface area contributed by atoms with Crippen LogP contribution in [0.5, 0.6) is 0 Å². The van der Waals surface area contributed by atoms with Crippen LogP contribution in [0.2, 0.25) is 0 Å². The van der Waals surface area contributed by atoms with Crippen LogP contribution in [0.1, 0.15) is 10.4 Å². The Morgan fingerprint density at radius 3 is 2.06 bits per heavy atom. The molecule has 0 spiro atoms. The van der Waals surface area contributed by atoms with Crippen molar-refractivity contribution in [2.45, 2.75) is 9.79 Å². The minimum Gasteiger partial charge on any atom is -0.267 e. The summed E-state index contributed by atoms with van der Waals surface area (Å²) in [6.07, 6.45) is 0. The van der Waals surface area contributed by atoms with E-state index in [0.29, 0.717) is 0 Å². The van der Waals surface area contributed by atoms with Crippen LogP contribution in [-0.4, -0.2) is 14.3 Å². The third-order valence-corrected chi connectivity index (χ3v) is 4.30. The molecular weight excluding hydrogens is 250 g/mol. The van der Waals surface area contributed by atoms with Gasteiger partial charge in [-0.15, -0.1) is 0 Å². The Balaban J connectivity index is 2.66. The van der Waals surface area contributed by atoms with Crippen LogP contribution in [0.4, 0.5) is 0 Å². The van der Waals surface area contributed by atoms with E-state index in [0.717, 1.165) is 0 Å². The first kappa shape index (κ1) is 12.3. The van der Waals surface area contributed by atoms with Gasteiger partial charge in [-0.3, -0.25) is 10.5 Å². The van der Waals surface area contributed by atoms with E-state index in [1.807, 2.05) is 0 Å². The highest BCUT2D eigenvalue weighted by molar-refractivity contribution is 7.91. The van der Waals surface area contributed by atoms with Crippen LogP contribution < -0.4 is 5.73 Å². The highest BCUT2D eigenvalue weighted by Crippen LogP contribution is 2.23. The van der Waals surface area contributed by atoms with Crippen LogP contribution >= 0.6 is 0 Å². The molecule has 0 aliphatic rings. The zero-order valence-electron chi connectivity index (χ0n) is 9.33. The molecule has 2 aromatic carbocycles. The summed E-state index contributed by atoms with van der Waals surface area (Å²) in [6.45, 7) is 0. The predicted molar refractivity (Wildman–Crippen MR) is 65.8 cm³/mol. The van der Waals surface area contributed by atoms with Crippen LogP contribution in [0, 0.1) is 0 Å². The van der Waals surface area contributed by atoms with Gasteiger partial charge in [-0.1, -0.05) is 30.3 Å². The standard InChI is InChI=1S/C13H10NO3S/c14-13(15)11-8-4-5-9-12(11)18(16,17)10-6-2-1-3-7-10/h1-9,14H. The summed E-state index contributed by atoms with van der Waals surface area (Å²) in [5.74, 6) is -1.01. The first-order chi connectivity index (χ1) is 8.53. The number of amides is 1. The molecule has 18 heavy (non-hydrogen) atoms. The first-order valence-corrected chi connectivity index (χ1v) is 6.67. The van der Waals surface area contributed by atoms with Crippen LogP contribution in [0.3, 0.4) is 0 Å². The molecule has 5 heteroatoms. The lowest BCUT2D eigenvalue weighted by atomic mass is 10.2. The smallest absolute Gasteiger partial charge is 0.267 e. The summed E-state index contributed by atoms with van der Waals surface area (Å²) in [6, 6.07) is 13.6. The highest BCUT2D eigenvalue weighted by atomic mass is 32.2. The van der Waals surface area contributed by atoms with E-state index in [2.05, 4.69) is 0 Å². The number of hydrogen-bond donors (Lipinski definition) is 0. The van der Waals surface area contributed by atoms with Crippen LogP contribution in [0.15, 0.2) is 64.4 Å². The minimum absolute atomic E-state index is 0.110. The highest BCUT2D eigenvalue weighted by Gasteiger charge is 2.22. The Bertz CT molecular complexity index is 678. The van der Waals surface area contributed by atoms with E-state index in [-0.39, 0.29) is 15.4 Å². The van der Waals surface area contributed by atoms with Gasteiger partial charge in [-0.25, -0.2) is 8.42 Å². The molecule has 0 heterocycles. The van der Waals surface area contributed by atoms with Crippen LogP contribution in [-0.2, 0) is 9.84 Å². The first-order valence-electron chi connectivity index (χ1n) is 5.18. The Morgan fingerprint density at radius 2 is 1.44 bits per heavy atom. The summed E-state index contributed by atoms with van der Waals surface area (Å²) in [5.41, 5.74) is 6.99. The molecule has 0 aliphatic carbocycles. The third kappa shape index (κ3) is 2.12. The van der Waals surface area contributed by atoms with Gasteiger partial charge >= 0.3 is 0 Å². The van der Waals surface area contributed by atoms with E-state index >= 15 is 0 Å². The molecule has 0 aromatic heterocycles. The van der Waals surface area contributed by atoms with Gasteiger partial charge in [0.15, 0.2) is 0 Å². The van der Waals surface area contributed by atoms with Crippen molar-refractivity contribution in [3.63, 3.8) is 0 Å². The molecule has 91 valence electrons. The Hall–Kier alpha value is -2.14. The molecule has 0 atom stereocenters. The fourth-order valence-electron chi connectivity index (χ4n) is 1.62. The molecule has 1 radical (unpaired) electrons. The summed E-state index contributed by atoms with van der Waals surface area (Å²) >= 11 is 0. The average molecular weight is 260 g/mol. The largest absolute Gasteiger partial charge is 0.271 e. The molecule has 0 fully saturated rings. The lowest BCUT2D eigenvalue weighted by molar-refractivity contribution is 0.0989. The molecule has 0 aliphatic heterocycles. The van der Waals surface area contributed by atoms with Crippen molar-refractivity contribution in [3.8, 4) is 0 Å². The maximum Gasteiger partial charge on any atom is 0.271 e. The van der Waals surface area contributed by atoms with Gasteiger partial charge in [0.05, 0.1) is 15.4 Å². The quantitative estimate of drug-likeness (QED) is 0.846. The molecule has 0 bridgehead atoms. The van der Waals surface area contributed by atoms with Gasteiger partial charge in [0.2, 0.25) is 9.84 Å². The molecule has 1 N–H and O–H groups in total. The van der Waals surface area contributed by atoms with Crippen molar-refractivity contribution in [2.75, 3.05) is 0 Å². The number of carbonyl (C=O) groups excluding carboxylic acids is 1. The minimum atomic E-state index is -3.76. The summed E-state index contributed by atoms with van der Waals surface area (Å²) in [5, 5.41) is 0. The number of benzene rings is 2. The van der Waals surface area contributed by atoms with Gasteiger partial charge in [-0.2, -0.15) is 0 Å². The molecular formula is C13H10NO3S. The van der Waals surface area contributed by atoms with E-state index < -0.39 is 15.7 Å². The van der Waals surface area contributed by atoms with Crippen molar-refractivity contribution in [2.24, 2.45) is 0 Å². The van der Waals surface area contributed by atoms with Gasteiger partial charge in [0, 0.05) is 0 Å². The number of carbonyl (C=O) groups is 1. The van der Waals surface area contributed by atoms with Gasteiger partial charge in [0.25, 0.3) is 5.91 Å². The summed E-state index contributed by atoms with van der Waals surface area (Å²) in [4.78, 5) is 11.1. The second kappa shape index (κ2) is 4.62. The van der Waals surface area contributed by atoms with Crippen molar-refractivity contribution < 1.29 is 13.2 Å². The Labute approximate surface area is 105 Å². The molecule has 4 nitrogen and oxygen atoms in total. The summed E-state index contributed by atoms with van der Waals surface area (Å²) in [7, 11) is -3.76. The predicted octanol–water partition coefficient (Wildman–Crippen LogP) is 1.94. The zero-order chi connectivity index (χ0) is 13.2. The second-order valence-electron chi connectivity index (χ2n) is 3.64. The maximum absolute atomic E-state index is 12.3. The molecule has 0 saturated carbocycles. The van der Waals surface area contributed by atoms with Gasteiger partial charge in [-0.05, 0) is 24.3 Å². The topological polar surface area (TPSA) is 75.0 Å². The van der Waals surface area contributed by atoms with E-state index in [9.17, 15) is 13.2 Å². The third-order valence-electron chi connectivity index (χ3n) is 2.47. The van der Waals surface area contributed by atoms with Crippen molar-refractivity contribution in [1.29, 1.82) is 0 Å². The van der Waals surface area contributed by atoms with Crippen molar-refractivity contribution >= 4 is 15.7 Å². The Kier molecular flexibility index (Phi) is 3.16. The van der Waals surface area contributed by atoms with Crippen LogP contribution in [0.25, 0.3) is 0 Å². The number of nitrogens with one attached hydrogen (secondary N) is 1. The average Bonchev–Trinajstić information content (AvgIpc) is 2.39. The van der Waals surface area contributed by atoms with Gasteiger partial charge in [0.1, 0.15) is 0 Å². The zero-order valence-corrected chi connectivity index (χ0v) is 10.1. The van der Waals surface area contributed by atoms with Crippen molar-refractivity contribution in [3.05, 3.63) is 60.2 Å². The molecule has 2 aromatic rings. The Morgan fingerprint density at radius 1 is 0.889 bits per heavy atom. The maximum atomic E-state index is 12.3. The number of rotatable bonds is 3.